The molecule has 0 radical (unpaired) electrons. The van der Waals surface area contributed by atoms with Gasteiger partial charge in [0.1, 0.15) is 0 Å². The molecule has 1 fully saturated rings. The van der Waals surface area contributed by atoms with Gasteiger partial charge in [0.15, 0.2) is 0 Å². The fourth-order valence-electron chi connectivity index (χ4n) is 4.28. The van der Waals surface area contributed by atoms with E-state index in [-0.39, 0.29) is 0 Å². The Bertz CT molecular complexity index is 553. The summed E-state index contributed by atoms with van der Waals surface area (Å²) in [5, 5.41) is 0. The van der Waals surface area contributed by atoms with E-state index in [9.17, 15) is 0 Å². The third-order valence-electron chi connectivity index (χ3n) is 6.04. The van der Waals surface area contributed by atoms with Gasteiger partial charge < -0.3 is 0 Å². The molecule has 0 bridgehead atoms. The maximum atomic E-state index is 2.47. The van der Waals surface area contributed by atoms with Crippen LogP contribution in [0.4, 0.5) is 0 Å². The van der Waals surface area contributed by atoms with E-state index in [1.807, 2.05) is 0 Å². The summed E-state index contributed by atoms with van der Waals surface area (Å²) in [6, 6.07) is 0. The Balaban J connectivity index is 1.55. The van der Waals surface area contributed by atoms with E-state index in [0.717, 1.165) is 5.92 Å². The molecule has 24 heavy (non-hydrogen) atoms. The molecular weight excluding hydrogens is 308 g/mol. The molecule has 0 saturated heterocycles. The Labute approximate surface area is 153 Å². The van der Waals surface area contributed by atoms with Gasteiger partial charge in [-0.05, 0) is 54.3 Å². The lowest BCUT2D eigenvalue weighted by molar-refractivity contribution is 0.394. The molecule has 1 atom stereocenters. The summed E-state index contributed by atoms with van der Waals surface area (Å²) < 4.78 is 0. The average molecular weight is 343 g/mol. The molecule has 3 aliphatic rings. The Morgan fingerprint density at radius 1 is 1.04 bits per heavy atom. The van der Waals surface area contributed by atoms with Crippen LogP contribution in [0.1, 0.15) is 72.1 Å². The molecule has 1 saturated carbocycles. The van der Waals surface area contributed by atoms with Crippen molar-refractivity contribution in [1.29, 1.82) is 0 Å². The highest BCUT2D eigenvalue weighted by molar-refractivity contribution is 8.03. The molecule has 0 aromatic rings. The van der Waals surface area contributed by atoms with Crippen LogP contribution in [0, 0.1) is 17.3 Å². The first-order valence-corrected chi connectivity index (χ1v) is 10.9. The Hall–Kier alpha value is -0.690. The molecule has 0 N–H and O–H groups in total. The van der Waals surface area contributed by atoms with Crippen LogP contribution in [0.2, 0.25) is 0 Å². The van der Waals surface area contributed by atoms with E-state index in [2.05, 4.69) is 62.9 Å². The predicted octanol–water partition coefficient (Wildman–Crippen LogP) is 7.45. The Morgan fingerprint density at radius 2 is 1.83 bits per heavy atom. The van der Waals surface area contributed by atoms with Crippen molar-refractivity contribution in [3.63, 3.8) is 0 Å². The molecule has 1 heteroatoms. The number of allylic oxidation sites excluding steroid dienone is 8. The van der Waals surface area contributed by atoms with Gasteiger partial charge in [0.25, 0.3) is 0 Å². The summed E-state index contributed by atoms with van der Waals surface area (Å²) in [7, 11) is 0. The summed E-state index contributed by atoms with van der Waals surface area (Å²) in [4.78, 5) is 1.60. The maximum Gasteiger partial charge on any atom is 0.00656 e. The number of thioether (sulfide) groups is 1. The fraction of sp³-hybridized carbons (Fsp3) is 0.652. The zero-order chi connectivity index (χ0) is 17.0. The molecule has 0 spiro atoms. The van der Waals surface area contributed by atoms with Crippen molar-refractivity contribution in [2.24, 2.45) is 17.3 Å². The van der Waals surface area contributed by atoms with Gasteiger partial charge in [-0.25, -0.2) is 0 Å². The molecule has 3 aliphatic carbocycles. The highest BCUT2D eigenvalue weighted by Crippen LogP contribution is 2.41. The van der Waals surface area contributed by atoms with Crippen molar-refractivity contribution in [3.8, 4) is 0 Å². The minimum atomic E-state index is 0.303. The van der Waals surface area contributed by atoms with Crippen molar-refractivity contribution in [2.45, 2.75) is 72.1 Å². The van der Waals surface area contributed by atoms with Crippen LogP contribution in [-0.4, -0.2) is 5.75 Å². The topological polar surface area (TPSA) is 0 Å². The van der Waals surface area contributed by atoms with Crippen molar-refractivity contribution in [1.82, 2.24) is 0 Å². The average Bonchev–Trinajstić information content (AvgIpc) is 2.61. The largest absolute Gasteiger partial charge is 0.130 e. The second-order valence-electron chi connectivity index (χ2n) is 8.64. The fourth-order valence-corrected chi connectivity index (χ4v) is 5.42. The number of hydrogen-bond acceptors (Lipinski definition) is 1. The van der Waals surface area contributed by atoms with Gasteiger partial charge >= 0.3 is 0 Å². The first-order valence-electron chi connectivity index (χ1n) is 9.95. The van der Waals surface area contributed by atoms with Crippen LogP contribution in [0.3, 0.4) is 0 Å². The summed E-state index contributed by atoms with van der Waals surface area (Å²) in [5.74, 6) is 2.81. The molecule has 132 valence electrons. The van der Waals surface area contributed by atoms with E-state index < -0.39 is 0 Å². The third-order valence-corrected chi connectivity index (χ3v) is 7.62. The second kappa shape index (κ2) is 8.13. The van der Waals surface area contributed by atoms with E-state index in [0.29, 0.717) is 11.3 Å². The molecule has 0 amide bonds. The smallest absolute Gasteiger partial charge is 0.00656 e. The molecule has 0 aromatic heterocycles. The minimum absolute atomic E-state index is 0.303. The maximum absolute atomic E-state index is 2.47. The highest BCUT2D eigenvalue weighted by Gasteiger charge is 2.26. The van der Waals surface area contributed by atoms with Gasteiger partial charge in [-0.1, -0.05) is 81.6 Å². The van der Waals surface area contributed by atoms with E-state index in [1.165, 1.54) is 57.1 Å². The second-order valence-corrected chi connectivity index (χ2v) is 9.74. The quantitative estimate of drug-likeness (QED) is 0.500. The minimum Gasteiger partial charge on any atom is -0.130 e. The van der Waals surface area contributed by atoms with Gasteiger partial charge in [-0.15, -0.1) is 11.8 Å². The number of hydrogen-bond donors (Lipinski definition) is 0. The van der Waals surface area contributed by atoms with Gasteiger partial charge in [0.2, 0.25) is 0 Å². The SMILES string of the molecule is CC1C=CC=C(C(C)(C)CSC2=CC=C(C3CCCCC3)CC2)C1. The van der Waals surface area contributed by atoms with E-state index >= 15 is 0 Å². The predicted molar refractivity (Wildman–Crippen MR) is 109 cm³/mol. The molecule has 1 unspecified atom stereocenters. The summed E-state index contributed by atoms with van der Waals surface area (Å²) in [6.45, 7) is 7.17. The van der Waals surface area contributed by atoms with Crippen LogP contribution in [0.15, 0.2) is 46.4 Å². The zero-order valence-corrected chi connectivity index (χ0v) is 16.6. The lowest BCUT2D eigenvalue weighted by atomic mass is 9.79. The van der Waals surface area contributed by atoms with Crippen molar-refractivity contribution in [2.75, 3.05) is 5.75 Å². The molecule has 3 rings (SSSR count). The molecule has 0 nitrogen and oxygen atoms in total. The van der Waals surface area contributed by atoms with Crippen molar-refractivity contribution >= 4 is 11.8 Å². The molecule has 0 heterocycles. The molecule has 0 aliphatic heterocycles. The first kappa shape index (κ1) is 18.1. The van der Waals surface area contributed by atoms with Gasteiger partial charge in [0.05, 0.1) is 0 Å². The van der Waals surface area contributed by atoms with Crippen LogP contribution < -0.4 is 0 Å². The van der Waals surface area contributed by atoms with Gasteiger partial charge in [-0.3, -0.25) is 0 Å². The molecule has 0 aromatic carbocycles. The number of rotatable bonds is 5. The first-order chi connectivity index (χ1) is 11.5. The monoisotopic (exact) mass is 342 g/mol. The Morgan fingerprint density at radius 3 is 2.50 bits per heavy atom. The van der Waals surface area contributed by atoms with Crippen LogP contribution in [0.25, 0.3) is 0 Å². The normalized spacial score (nSPS) is 26.0. The van der Waals surface area contributed by atoms with Crippen LogP contribution >= 0.6 is 11.8 Å². The van der Waals surface area contributed by atoms with Crippen LogP contribution in [0.5, 0.6) is 0 Å². The molecular formula is C23H34S. The van der Waals surface area contributed by atoms with E-state index in [4.69, 9.17) is 0 Å². The van der Waals surface area contributed by atoms with Crippen molar-refractivity contribution < 1.29 is 0 Å². The lowest BCUT2D eigenvalue weighted by Crippen LogP contribution is -2.21. The highest BCUT2D eigenvalue weighted by atomic mass is 32.2. The Kier molecular flexibility index (Phi) is 6.13. The standard InChI is InChI=1S/C23H34S/c1-18-8-7-11-21(16-18)23(2,3)17-24-22-14-12-20(13-15-22)19-9-5-4-6-10-19/h7-8,11-12,14,18-19H,4-6,9-10,13,15-17H2,1-3H3. The van der Waals surface area contributed by atoms with Crippen molar-refractivity contribution in [3.05, 3.63) is 46.4 Å². The third kappa shape index (κ3) is 4.69. The summed E-state index contributed by atoms with van der Waals surface area (Å²) in [5.41, 5.74) is 3.67. The lowest BCUT2D eigenvalue weighted by Gasteiger charge is -2.31. The summed E-state index contributed by atoms with van der Waals surface area (Å²) >= 11 is 2.10. The zero-order valence-electron chi connectivity index (χ0n) is 15.8. The van der Waals surface area contributed by atoms with Gasteiger partial charge in [-0.2, -0.15) is 0 Å². The summed E-state index contributed by atoms with van der Waals surface area (Å²) in [6.07, 6.45) is 22.9. The van der Waals surface area contributed by atoms with Gasteiger partial charge in [0, 0.05) is 5.75 Å². The van der Waals surface area contributed by atoms with Crippen LogP contribution in [-0.2, 0) is 0 Å². The van der Waals surface area contributed by atoms with E-state index in [1.54, 1.807) is 16.1 Å².